The minimum absolute atomic E-state index is 0.429. The molecule has 0 aliphatic rings. The molecule has 0 saturated heterocycles. The van der Waals surface area contributed by atoms with Crippen LogP contribution in [0.25, 0.3) is 11.3 Å². The van der Waals surface area contributed by atoms with Gasteiger partial charge >= 0.3 is 11.8 Å². The Kier molecular flexibility index (Phi) is 7.70. The summed E-state index contributed by atoms with van der Waals surface area (Å²) < 4.78 is 10.7. The zero-order valence-corrected chi connectivity index (χ0v) is 21.1. The summed E-state index contributed by atoms with van der Waals surface area (Å²) in [5.74, 6) is -0.452. The van der Waals surface area contributed by atoms with E-state index in [1.807, 2.05) is 44.2 Å². The van der Waals surface area contributed by atoms with Crippen LogP contribution in [0.3, 0.4) is 0 Å². The third kappa shape index (κ3) is 6.51. The van der Waals surface area contributed by atoms with Gasteiger partial charge in [-0.3, -0.25) is 9.59 Å². The highest BCUT2D eigenvalue weighted by Crippen LogP contribution is 2.32. The number of hydrogen-bond acceptors (Lipinski definition) is 7. The number of rotatable bonds is 9. The monoisotopic (exact) mass is 504 g/mol. The number of amides is 2. The fourth-order valence-electron chi connectivity index (χ4n) is 3.77. The molecule has 2 heterocycles. The quantitative estimate of drug-likeness (QED) is 0.274. The molecule has 0 atom stereocenters. The van der Waals surface area contributed by atoms with Crippen LogP contribution in [0.2, 0.25) is 0 Å². The van der Waals surface area contributed by atoms with Crippen LogP contribution in [-0.2, 0) is 22.6 Å². The van der Waals surface area contributed by atoms with Gasteiger partial charge < -0.3 is 25.1 Å². The topological polar surface area (TPSA) is 105 Å². The summed E-state index contributed by atoms with van der Waals surface area (Å²) in [6.45, 7) is 4.55. The predicted octanol–water partition coefficient (Wildman–Crippen LogP) is 5.10. The molecular formula is C27H28N4O4S. The summed E-state index contributed by atoms with van der Waals surface area (Å²) in [5.41, 5.74) is 2.56. The average Bonchev–Trinajstić information content (AvgIpc) is 3.57. The summed E-state index contributed by atoms with van der Waals surface area (Å²) in [4.78, 5) is 30.4. The van der Waals surface area contributed by atoms with Gasteiger partial charge in [-0.2, -0.15) is 0 Å². The molecule has 2 aromatic carbocycles. The molecule has 0 bridgehead atoms. The van der Waals surface area contributed by atoms with Gasteiger partial charge in [-0.15, -0.1) is 11.3 Å². The van der Waals surface area contributed by atoms with E-state index in [0.29, 0.717) is 29.2 Å². The number of benzene rings is 2. The number of nitrogens with one attached hydrogen (secondary N) is 3. The van der Waals surface area contributed by atoms with Gasteiger partial charge in [0.05, 0.1) is 18.9 Å². The Morgan fingerprint density at radius 3 is 2.50 bits per heavy atom. The third-order valence-electron chi connectivity index (χ3n) is 5.46. The van der Waals surface area contributed by atoms with E-state index in [4.69, 9.17) is 9.15 Å². The highest BCUT2D eigenvalue weighted by atomic mass is 32.1. The van der Waals surface area contributed by atoms with Crippen molar-refractivity contribution in [3.05, 3.63) is 83.0 Å². The molecule has 0 spiro atoms. The number of aromatic nitrogens is 1. The van der Waals surface area contributed by atoms with Gasteiger partial charge in [0.1, 0.15) is 5.75 Å². The van der Waals surface area contributed by atoms with Crippen LogP contribution >= 0.6 is 11.3 Å². The zero-order valence-electron chi connectivity index (χ0n) is 20.3. The van der Waals surface area contributed by atoms with Crippen molar-refractivity contribution < 1.29 is 18.7 Å². The number of methoxy groups -OCH3 is 1. The molecule has 9 heteroatoms. The first-order valence-corrected chi connectivity index (χ1v) is 12.3. The van der Waals surface area contributed by atoms with E-state index in [1.54, 1.807) is 35.7 Å². The van der Waals surface area contributed by atoms with Crippen LogP contribution in [0, 0.1) is 0 Å². The van der Waals surface area contributed by atoms with Crippen LogP contribution < -0.4 is 20.7 Å². The average molecular weight is 505 g/mol. The Morgan fingerprint density at radius 1 is 1.06 bits per heavy atom. The Bertz CT molecular complexity index is 1300. The Hall–Kier alpha value is -4.11. The van der Waals surface area contributed by atoms with Crippen molar-refractivity contribution >= 4 is 34.5 Å². The van der Waals surface area contributed by atoms with Crippen molar-refractivity contribution in [1.29, 1.82) is 0 Å². The minimum atomic E-state index is -0.759. The second-order valence-corrected chi connectivity index (χ2v) is 9.91. The molecule has 8 nitrogen and oxygen atoms in total. The lowest BCUT2D eigenvalue weighted by Crippen LogP contribution is -2.49. The standard InChI is InChI=1S/C27H28N4O4S/c1-27(2,14-18-6-8-19(9-7-18)29-15-21-5-4-12-36-21)31-26(33)25(32)30-20-10-11-22(23(13-20)34-3)24-16-28-17-35-24/h4-13,16-17,29H,14-15H2,1-3H3,(H,30,32)(H,31,33). The molecule has 3 N–H and O–H groups in total. The Balaban J connectivity index is 1.32. The van der Waals surface area contributed by atoms with Gasteiger partial charge in [-0.05, 0) is 61.5 Å². The number of anilines is 2. The van der Waals surface area contributed by atoms with Crippen molar-refractivity contribution in [3.8, 4) is 17.1 Å². The number of thiophene rings is 1. The van der Waals surface area contributed by atoms with Crippen molar-refractivity contribution in [3.63, 3.8) is 0 Å². The first-order valence-electron chi connectivity index (χ1n) is 11.4. The van der Waals surface area contributed by atoms with E-state index in [0.717, 1.165) is 17.8 Å². The van der Waals surface area contributed by atoms with E-state index in [9.17, 15) is 9.59 Å². The maximum absolute atomic E-state index is 12.6. The first-order chi connectivity index (χ1) is 17.3. The Labute approximate surface area is 213 Å². The second kappa shape index (κ2) is 11.1. The molecule has 0 radical (unpaired) electrons. The highest BCUT2D eigenvalue weighted by molar-refractivity contribution is 7.09. The molecule has 4 aromatic rings. The molecule has 0 unspecified atom stereocenters. The van der Waals surface area contributed by atoms with Gasteiger partial charge in [0.15, 0.2) is 12.2 Å². The molecule has 0 saturated carbocycles. The largest absolute Gasteiger partial charge is 0.496 e. The predicted molar refractivity (Wildman–Crippen MR) is 141 cm³/mol. The van der Waals surface area contributed by atoms with E-state index in [1.165, 1.54) is 18.4 Å². The number of carbonyl (C=O) groups is 2. The lowest BCUT2D eigenvalue weighted by molar-refractivity contribution is -0.137. The molecule has 186 valence electrons. The van der Waals surface area contributed by atoms with Gasteiger partial charge in [0.25, 0.3) is 0 Å². The SMILES string of the molecule is COc1cc(NC(=O)C(=O)NC(C)(C)Cc2ccc(NCc3cccs3)cc2)ccc1-c1cnco1. The lowest BCUT2D eigenvalue weighted by Gasteiger charge is -2.26. The molecule has 2 amide bonds. The number of nitrogens with zero attached hydrogens (tertiary/aromatic N) is 1. The summed E-state index contributed by atoms with van der Waals surface area (Å²) in [5, 5.41) is 10.9. The maximum atomic E-state index is 12.6. The Morgan fingerprint density at radius 2 is 1.83 bits per heavy atom. The summed E-state index contributed by atoms with van der Waals surface area (Å²) in [6.07, 6.45) is 3.46. The zero-order chi connectivity index (χ0) is 25.5. The molecule has 0 fully saturated rings. The number of oxazole rings is 1. The normalized spacial score (nSPS) is 11.1. The fourth-order valence-corrected chi connectivity index (χ4v) is 4.42. The molecular weight excluding hydrogens is 476 g/mol. The second-order valence-electron chi connectivity index (χ2n) is 8.88. The van der Waals surface area contributed by atoms with Crippen molar-refractivity contribution in [1.82, 2.24) is 10.3 Å². The van der Waals surface area contributed by atoms with E-state index in [-0.39, 0.29) is 0 Å². The van der Waals surface area contributed by atoms with E-state index in [2.05, 4.69) is 32.4 Å². The number of ether oxygens (including phenoxy) is 1. The van der Waals surface area contributed by atoms with Crippen LogP contribution in [0.5, 0.6) is 5.75 Å². The van der Waals surface area contributed by atoms with Crippen LogP contribution in [-0.4, -0.2) is 29.4 Å². The lowest BCUT2D eigenvalue weighted by atomic mass is 9.94. The molecule has 2 aromatic heterocycles. The molecule has 4 rings (SSSR count). The fraction of sp³-hybridized carbons (Fsp3) is 0.222. The van der Waals surface area contributed by atoms with Crippen molar-refractivity contribution in [2.45, 2.75) is 32.4 Å². The van der Waals surface area contributed by atoms with Crippen LogP contribution in [0.1, 0.15) is 24.3 Å². The van der Waals surface area contributed by atoms with Crippen molar-refractivity contribution in [2.24, 2.45) is 0 Å². The highest BCUT2D eigenvalue weighted by Gasteiger charge is 2.25. The van der Waals surface area contributed by atoms with Gasteiger partial charge in [-0.25, -0.2) is 4.98 Å². The van der Waals surface area contributed by atoms with Crippen molar-refractivity contribution in [2.75, 3.05) is 17.7 Å². The summed E-state index contributed by atoms with van der Waals surface area (Å²) in [7, 11) is 1.52. The van der Waals surface area contributed by atoms with Gasteiger partial charge in [0.2, 0.25) is 0 Å². The first kappa shape index (κ1) is 25.0. The molecule has 36 heavy (non-hydrogen) atoms. The molecule has 0 aliphatic heterocycles. The third-order valence-corrected chi connectivity index (χ3v) is 6.34. The van der Waals surface area contributed by atoms with Crippen LogP contribution in [0.4, 0.5) is 11.4 Å². The van der Waals surface area contributed by atoms with E-state index >= 15 is 0 Å². The minimum Gasteiger partial charge on any atom is -0.496 e. The number of hydrogen-bond donors (Lipinski definition) is 3. The number of carbonyl (C=O) groups excluding carboxylic acids is 2. The molecule has 0 aliphatic carbocycles. The van der Waals surface area contributed by atoms with Gasteiger partial charge in [0, 0.05) is 34.4 Å². The van der Waals surface area contributed by atoms with E-state index < -0.39 is 17.4 Å². The van der Waals surface area contributed by atoms with Gasteiger partial charge in [-0.1, -0.05) is 18.2 Å². The summed E-state index contributed by atoms with van der Waals surface area (Å²) in [6, 6.07) is 17.2. The summed E-state index contributed by atoms with van der Waals surface area (Å²) >= 11 is 1.72. The van der Waals surface area contributed by atoms with Crippen LogP contribution in [0.15, 0.2) is 77.0 Å². The maximum Gasteiger partial charge on any atom is 0.313 e. The smallest absolute Gasteiger partial charge is 0.313 e.